The average Bonchev–Trinajstić information content (AvgIpc) is 3.22. The Kier molecular flexibility index (Phi) is 5.09. The minimum absolute atomic E-state index is 0.202. The summed E-state index contributed by atoms with van der Waals surface area (Å²) in [6, 6.07) is 8.40. The van der Waals surface area contributed by atoms with Crippen LogP contribution in [0, 0.1) is 10.1 Å². The van der Waals surface area contributed by atoms with E-state index in [-0.39, 0.29) is 17.4 Å². The first-order valence-electron chi connectivity index (χ1n) is 10.3. The second-order valence-corrected chi connectivity index (χ2v) is 9.25. The third kappa shape index (κ3) is 4.21. The summed E-state index contributed by atoms with van der Waals surface area (Å²) in [7, 11) is 0. The molecule has 0 spiro atoms. The van der Waals surface area contributed by atoms with Crippen LogP contribution in [0.2, 0.25) is 0 Å². The van der Waals surface area contributed by atoms with Gasteiger partial charge in [0.2, 0.25) is 0 Å². The first-order chi connectivity index (χ1) is 14.1. The summed E-state index contributed by atoms with van der Waals surface area (Å²) in [5.41, 5.74) is 0.801. The first-order valence-corrected chi connectivity index (χ1v) is 10.3. The van der Waals surface area contributed by atoms with Crippen LogP contribution in [0.25, 0.3) is 0 Å². The molecule has 162 valence electrons. The molecule has 2 aliphatic heterocycles. The van der Waals surface area contributed by atoms with Gasteiger partial charge in [0.05, 0.1) is 6.54 Å². The number of nitrogens with zero attached hydrogens (tertiary/aromatic N) is 5. The highest BCUT2D eigenvalue weighted by Gasteiger charge is 2.41. The zero-order valence-electron chi connectivity index (χ0n) is 18.0. The number of ether oxygens (including phenoxy) is 2. The number of piperazine rings is 1. The minimum Gasteiger partial charge on any atom is -0.489 e. The molecule has 0 N–H and O–H groups in total. The third-order valence-corrected chi connectivity index (χ3v) is 5.73. The van der Waals surface area contributed by atoms with Crippen molar-refractivity contribution < 1.29 is 14.4 Å². The zero-order valence-corrected chi connectivity index (χ0v) is 18.0. The van der Waals surface area contributed by atoms with Crippen LogP contribution in [-0.2, 0) is 6.54 Å². The van der Waals surface area contributed by atoms with Crippen LogP contribution in [-0.4, -0.2) is 63.3 Å². The number of rotatable bonds is 5. The van der Waals surface area contributed by atoms with Gasteiger partial charge in [0, 0.05) is 42.4 Å². The van der Waals surface area contributed by atoms with Crippen LogP contribution >= 0.6 is 0 Å². The molecule has 1 unspecified atom stereocenters. The molecule has 0 bridgehead atoms. The minimum atomic E-state index is -0.612. The van der Waals surface area contributed by atoms with Gasteiger partial charge in [-0.05, 0) is 56.9 Å². The van der Waals surface area contributed by atoms with Crippen LogP contribution in [0.15, 0.2) is 30.5 Å². The highest BCUT2D eigenvalue weighted by molar-refractivity contribution is 5.49. The topological polar surface area (TPSA) is 85.9 Å². The van der Waals surface area contributed by atoms with E-state index in [1.54, 1.807) is 4.57 Å². The Labute approximate surface area is 176 Å². The summed E-state index contributed by atoms with van der Waals surface area (Å²) >= 11 is 0. The van der Waals surface area contributed by atoms with Crippen molar-refractivity contribution in [3.05, 3.63) is 40.6 Å². The number of hydrogen-bond donors (Lipinski definition) is 0. The molecular formula is C21H29N5O4. The summed E-state index contributed by atoms with van der Waals surface area (Å²) in [5.74, 6) is 0.569. The Morgan fingerprint density at radius 3 is 2.43 bits per heavy atom. The Morgan fingerprint density at radius 1 is 1.20 bits per heavy atom. The van der Waals surface area contributed by atoms with E-state index < -0.39 is 10.5 Å². The van der Waals surface area contributed by atoms with Crippen molar-refractivity contribution in [1.82, 2.24) is 14.5 Å². The van der Waals surface area contributed by atoms with E-state index in [4.69, 9.17) is 9.47 Å². The van der Waals surface area contributed by atoms with Gasteiger partial charge in [0.1, 0.15) is 18.6 Å². The highest BCUT2D eigenvalue weighted by Crippen LogP contribution is 2.31. The molecule has 9 nitrogen and oxygen atoms in total. The molecule has 0 saturated carbocycles. The van der Waals surface area contributed by atoms with Crippen molar-refractivity contribution >= 4 is 11.5 Å². The van der Waals surface area contributed by atoms with Gasteiger partial charge in [-0.3, -0.25) is 9.47 Å². The van der Waals surface area contributed by atoms with Gasteiger partial charge in [0.25, 0.3) is 0 Å². The lowest BCUT2D eigenvalue weighted by Gasteiger charge is -2.43. The van der Waals surface area contributed by atoms with Gasteiger partial charge in [-0.15, -0.1) is 0 Å². The predicted octanol–water partition coefficient (Wildman–Crippen LogP) is 2.94. The first kappa shape index (κ1) is 20.5. The van der Waals surface area contributed by atoms with Gasteiger partial charge in [-0.2, -0.15) is 0 Å². The SMILES string of the molecule is CC1(COc2ccc(N3CCN(C(C)(C)C)CC3)cc2)Cn2cc([N+](=O)[O-])nc2O1. The molecule has 30 heavy (non-hydrogen) atoms. The summed E-state index contributed by atoms with van der Waals surface area (Å²) in [6.45, 7) is 13.6. The molecule has 9 heteroatoms. The lowest BCUT2D eigenvalue weighted by Crippen LogP contribution is -2.53. The quantitative estimate of drug-likeness (QED) is 0.548. The molecular weight excluding hydrogens is 386 g/mol. The van der Waals surface area contributed by atoms with Crippen LogP contribution in [0.1, 0.15) is 27.7 Å². The number of aromatic nitrogens is 2. The summed E-state index contributed by atoms with van der Waals surface area (Å²) in [6.07, 6.45) is 1.40. The van der Waals surface area contributed by atoms with Crippen molar-refractivity contribution in [3.8, 4) is 11.8 Å². The Bertz CT molecular complexity index is 887. The maximum Gasteiger partial charge on any atom is 0.415 e. The van der Waals surface area contributed by atoms with Gasteiger partial charge >= 0.3 is 11.8 Å². The van der Waals surface area contributed by atoms with Crippen molar-refractivity contribution in [2.24, 2.45) is 0 Å². The molecule has 1 atom stereocenters. The van der Waals surface area contributed by atoms with Crippen LogP contribution < -0.4 is 14.4 Å². The van der Waals surface area contributed by atoms with Gasteiger partial charge < -0.3 is 24.5 Å². The maximum atomic E-state index is 10.8. The zero-order chi connectivity index (χ0) is 21.5. The van der Waals surface area contributed by atoms with E-state index in [0.29, 0.717) is 13.2 Å². The molecule has 3 heterocycles. The van der Waals surface area contributed by atoms with Crippen molar-refractivity contribution in [2.45, 2.75) is 45.4 Å². The second-order valence-electron chi connectivity index (χ2n) is 9.25. The number of imidazole rings is 1. The van der Waals surface area contributed by atoms with E-state index in [2.05, 4.69) is 47.7 Å². The van der Waals surface area contributed by atoms with E-state index in [1.165, 1.54) is 11.9 Å². The van der Waals surface area contributed by atoms with Gasteiger partial charge in [-0.1, -0.05) is 0 Å². The van der Waals surface area contributed by atoms with Crippen molar-refractivity contribution in [2.75, 3.05) is 37.7 Å². The van der Waals surface area contributed by atoms with Crippen LogP contribution in [0.3, 0.4) is 0 Å². The van der Waals surface area contributed by atoms with Crippen molar-refractivity contribution in [3.63, 3.8) is 0 Å². The molecule has 2 aliphatic rings. The summed E-state index contributed by atoms with van der Waals surface area (Å²) < 4.78 is 13.4. The summed E-state index contributed by atoms with van der Waals surface area (Å²) in [5, 5.41) is 10.8. The fraction of sp³-hybridized carbons (Fsp3) is 0.571. The standard InChI is InChI=1S/C21H29N5O4/c1-20(2,3)25-11-9-23(10-12-25)16-5-7-17(8-6-16)29-15-21(4)14-24-13-18(26(27)28)22-19(24)30-21/h5-8,13H,9-12,14-15H2,1-4H3. The lowest BCUT2D eigenvalue weighted by atomic mass is 10.0. The Hall–Kier alpha value is -2.81. The number of fused-ring (bicyclic) bond motifs is 1. The van der Waals surface area contributed by atoms with Crippen LogP contribution in [0.5, 0.6) is 11.8 Å². The Balaban J connectivity index is 1.30. The molecule has 4 rings (SSSR count). The van der Waals surface area contributed by atoms with E-state index in [9.17, 15) is 10.1 Å². The fourth-order valence-corrected chi connectivity index (χ4v) is 3.98. The monoisotopic (exact) mass is 415 g/mol. The average molecular weight is 415 g/mol. The fourth-order valence-electron chi connectivity index (χ4n) is 3.98. The maximum absolute atomic E-state index is 10.8. The van der Waals surface area contributed by atoms with Crippen molar-refractivity contribution in [1.29, 1.82) is 0 Å². The molecule has 1 aromatic carbocycles. The van der Waals surface area contributed by atoms with E-state index in [0.717, 1.165) is 31.9 Å². The third-order valence-electron chi connectivity index (χ3n) is 5.73. The summed E-state index contributed by atoms with van der Waals surface area (Å²) in [4.78, 5) is 19.1. The largest absolute Gasteiger partial charge is 0.489 e. The molecule has 0 amide bonds. The highest BCUT2D eigenvalue weighted by atomic mass is 16.6. The van der Waals surface area contributed by atoms with E-state index >= 15 is 0 Å². The molecule has 1 aromatic heterocycles. The molecule has 0 aliphatic carbocycles. The second kappa shape index (κ2) is 7.46. The van der Waals surface area contributed by atoms with E-state index in [1.807, 2.05) is 19.1 Å². The molecule has 0 radical (unpaired) electrons. The number of benzene rings is 1. The smallest absolute Gasteiger partial charge is 0.415 e. The normalized spacial score (nSPS) is 21.9. The molecule has 2 aromatic rings. The lowest BCUT2D eigenvalue weighted by molar-refractivity contribution is -0.389. The van der Waals surface area contributed by atoms with Crippen LogP contribution in [0.4, 0.5) is 11.5 Å². The Morgan fingerprint density at radius 2 is 1.87 bits per heavy atom. The molecule has 1 fully saturated rings. The number of hydrogen-bond acceptors (Lipinski definition) is 7. The van der Waals surface area contributed by atoms with Gasteiger partial charge in [0.15, 0.2) is 5.60 Å². The number of nitro groups is 1. The number of anilines is 1. The molecule has 1 saturated heterocycles. The van der Waals surface area contributed by atoms with Gasteiger partial charge in [-0.25, -0.2) is 0 Å². The predicted molar refractivity (Wildman–Crippen MR) is 113 cm³/mol.